The number of benzene rings is 1. The summed E-state index contributed by atoms with van der Waals surface area (Å²) in [7, 11) is 0. The van der Waals surface area contributed by atoms with Gasteiger partial charge in [-0.05, 0) is 56.7 Å². The minimum absolute atomic E-state index is 0.0950. The van der Waals surface area contributed by atoms with Crippen molar-refractivity contribution in [2.24, 2.45) is 5.41 Å². The summed E-state index contributed by atoms with van der Waals surface area (Å²) in [5.74, 6) is 5.83. The van der Waals surface area contributed by atoms with Gasteiger partial charge in [-0.15, -0.1) is 0 Å². The molecule has 0 saturated heterocycles. The Balaban J connectivity index is 3.18. The van der Waals surface area contributed by atoms with Crippen LogP contribution in [0.4, 0.5) is 13.2 Å². The zero-order chi connectivity index (χ0) is 14.7. The van der Waals surface area contributed by atoms with Crippen LogP contribution in [0.25, 0.3) is 0 Å². The van der Waals surface area contributed by atoms with Gasteiger partial charge in [-0.3, -0.25) is 0 Å². The van der Waals surface area contributed by atoms with E-state index in [1.807, 2.05) is 33.8 Å². The van der Waals surface area contributed by atoms with Crippen LogP contribution in [0, 0.1) is 17.3 Å². The lowest BCUT2D eigenvalue weighted by atomic mass is 9.97. The number of halogens is 3. The molecular weight excluding hydrogens is 269 g/mol. The summed E-state index contributed by atoms with van der Waals surface area (Å²) in [6.45, 7) is 7.70. The molecule has 4 heteroatoms. The zero-order valence-electron chi connectivity index (χ0n) is 11.5. The van der Waals surface area contributed by atoms with Crippen LogP contribution in [0.3, 0.4) is 0 Å². The molecule has 1 aromatic carbocycles. The van der Waals surface area contributed by atoms with Crippen LogP contribution in [0.15, 0.2) is 23.1 Å². The van der Waals surface area contributed by atoms with Crippen molar-refractivity contribution in [3.63, 3.8) is 0 Å². The predicted octanol–water partition coefficient (Wildman–Crippen LogP) is 5.26. The van der Waals surface area contributed by atoms with Crippen LogP contribution in [0.2, 0.25) is 0 Å². The summed E-state index contributed by atoms with van der Waals surface area (Å²) in [6, 6.07) is 5.07. The van der Waals surface area contributed by atoms with E-state index in [-0.39, 0.29) is 22.1 Å². The third-order valence-corrected chi connectivity index (χ3v) is 3.04. The Morgan fingerprint density at radius 3 is 2.26 bits per heavy atom. The van der Waals surface area contributed by atoms with Gasteiger partial charge in [-0.2, -0.15) is 13.2 Å². The number of aryl methyl sites for hydroxylation is 1. The van der Waals surface area contributed by atoms with Crippen LogP contribution in [-0.4, -0.2) is 5.51 Å². The first-order chi connectivity index (χ1) is 8.61. The minimum Gasteiger partial charge on any atom is -0.160 e. The van der Waals surface area contributed by atoms with E-state index in [9.17, 15) is 13.2 Å². The highest BCUT2D eigenvalue weighted by Crippen LogP contribution is 2.38. The molecule has 0 fully saturated rings. The molecular formula is C15H17F3S. The summed E-state index contributed by atoms with van der Waals surface area (Å²) in [5, 5.41) is 0. The summed E-state index contributed by atoms with van der Waals surface area (Å²) in [5.41, 5.74) is -3.20. The Morgan fingerprint density at radius 1 is 1.16 bits per heavy atom. The van der Waals surface area contributed by atoms with Crippen molar-refractivity contribution in [2.45, 2.75) is 44.5 Å². The maximum absolute atomic E-state index is 12.5. The number of rotatable bonds is 2. The number of hydrogen-bond acceptors (Lipinski definition) is 1. The molecule has 0 nitrogen and oxygen atoms in total. The van der Waals surface area contributed by atoms with Gasteiger partial charge in [0.15, 0.2) is 0 Å². The Morgan fingerprint density at radius 2 is 1.79 bits per heavy atom. The highest BCUT2D eigenvalue weighted by atomic mass is 32.2. The Hall–Kier alpha value is -1.08. The minimum atomic E-state index is -4.29. The van der Waals surface area contributed by atoms with Gasteiger partial charge in [0, 0.05) is 15.9 Å². The topological polar surface area (TPSA) is 0 Å². The van der Waals surface area contributed by atoms with Crippen molar-refractivity contribution < 1.29 is 13.2 Å². The molecule has 0 aliphatic heterocycles. The van der Waals surface area contributed by atoms with Crippen molar-refractivity contribution in [3.8, 4) is 11.8 Å². The van der Waals surface area contributed by atoms with Gasteiger partial charge in [0.1, 0.15) is 0 Å². The molecule has 0 aliphatic rings. The first-order valence-corrected chi connectivity index (χ1v) is 6.84. The number of alkyl halides is 3. The molecule has 19 heavy (non-hydrogen) atoms. The molecule has 0 amide bonds. The van der Waals surface area contributed by atoms with Crippen LogP contribution >= 0.6 is 11.8 Å². The molecule has 0 saturated carbocycles. The van der Waals surface area contributed by atoms with Crippen LogP contribution in [0.1, 0.15) is 38.8 Å². The van der Waals surface area contributed by atoms with E-state index in [0.717, 1.165) is 5.56 Å². The number of thioether (sulfide) groups is 1. The molecule has 0 aromatic heterocycles. The first kappa shape index (κ1) is 16.0. The molecule has 104 valence electrons. The Labute approximate surface area is 116 Å². The number of hydrogen-bond donors (Lipinski definition) is 0. The van der Waals surface area contributed by atoms with Gasteiger partial charge in [0.2, 0.25) is 0 Å². The summed E-state index contributed by atoms with van der Waals surface area (Å²) >= 11 is -0.0950. The Bertz CT molecular complexity index is 499. The fourth-order valence-corrected chi connectivity index (χ4v) is 2.04. The molecule has 0 bridgehead atoms. The SMILES string of the molecule is CCc1ccc(C#CC(C)(C)C)c(SC(F)(F)F)c1. The molecule has 0 atom stereocenters. The molecule has 0 unspecified atom stereocenters. The van der Waals surface area contributed by atoms with Crippen molar-refractivity contribution in [1.29, 1.82) is 0 Å². The molecule has 1 aromatic rings. The standard InChI is InChI=1S/C15H17F3S/c1-5-11-6-7-12(8-9-14(2,3)4)13(10-11)19-15(16,17)18/h6-7,10H,5H2,1-4H3. The molecule has 0 spiro atoms. The van der Waals surface area contributed by atoms with Gasteiger partial charge < -0.3 is 0 Å². The lowest BCUT2D eigenvalue weighted by molar-refractivity contribution is -0.0328. The quantitative estimate of drug-likeness (QED) is 0.528. The maximum atomic E-state index is 12.5. The fraction of sp³-hybridized carbons (Fsp3) is 0.467. The smallest absolute Gasteiger partial charge is 0.160 e. The highest BCUT2D eigenvalue weighted by molar-refractivity contribution is 8.00. The second-order valence-corrected chi connectivity index (χ2v) is 6.34. The van der Waals surface area contributed by atoms with E-state index in [0.29, 0.717) is 12.0 Å². The van der Waals surface area contributed by atoms with E-state index < -0.39 is 5.51 Å². The Kier molecular flexibility index (Phi) is 4.98. The van der Waals surface area contributed by atoms with E-state index in [2.05, 4.69) is 11.8 Å². The van der Waals surface area contributed by atoms with Crippen molar-refractivity contribution in [1.82, 2.24) is 0 Å². The second kappa shape index (κ2) is 5.92. The second-order valence-electron chi connectivity index (χ2n) is 5.23. The van der Waals surface area contributed by atoms with Gasteiger partial charge in [-0.25, -0.2) is 0 Å². The zero-order valence-corrected chi connectivity index (χ0v) is 12.3. The first-order valence-electron chi connectivity index (χ1n) is 6.02. The third kappa shape index (κ3) is 6.07. The van der Waals surface area contributed by atoms with E-state index in [4.69, 9.17) is 0 Å². The lowest BCUT2D eigenvalue weighted by Crippen LogP contribution is -2.02. The molecule has 1 rings (SSSR count). The molecule has 0 radical (unpaired) electrons. The largest absolute Gasteiger partial charge is 0.446 e. The van der Waals surface area contributed by atoms with Crippen molar-refractivity contribution in [3.05, 3.63) is 29.3 Å². The maximum Gasteiger partial charge on any atom is 0.446 e. The molecule has 0 heterocycles. The monoisotopic (exact) mass is 286 g/mol. The fourth-order valence-electron chi connectivity index (χ4n) is 1.35. The van der Waals surface area contributed by atoms with E-state index in [1.165, 1.54) is 0 Å². The van der Waals surface area contributed by atoms with Crippen LogP contribution in [0.5, 0.6) is 0 Å². The third-order valence-electron chi connectivity index (χ3n) is 2.25. The van der Waals surface area contributed by atoms with E-state index >= 15 is 0 Å². The normalized spacial score (nSPS) is 11.9. The van der Waals surface area contributed by atoms with Gasteiger partial charge in [0.25, 0.3) is 0 Å². The lowest BCUT2D eigenvalue weighted by Gasteiger charge is -2.11. The van der Waals surface area contributed by atoms with Crippen molar-refractivity contribution in [2.75, 3.05) is 0 Å². The van der Waals surface area contributed by atoms with Crippen LogP contribution < -0.4 is 0 Å². The van der Waals surface area contributed by atoms with E-state index in [1.54, 1.807) is 12.1 Å². The summed E-state index contributed by atoms with van der Waals surface area (Å²) in [4.78, 5) is 0.184. The predicted molar refractivity (Wildman–Crippen MR) is 74.1 cm³/mol. The average Bonchev–Trinajstić information content (AvgIpc) is 2.24. The summed E-state index contributed by atoms with van der Waals surface area (Å²) < 4.78 is 37.6. The van der Waals surface area contributed by atoms with Crippen molar-refractivity contribution >= 4 is 11.8 Å². The molecule has 0 N–H and O–H groups in total. The average molecular weight is 286 g/mol. The van der Waals surface area contributed by atoms with Crippen LogP contribution in [-0.2, 0) is 6.42 Å². The van der Waals surface area contributed by atoms with Gasteiger partial charge in [-0.1, -0.05) is 24.8 Å². The summed E-state index contributed by atoms with van der Waals surface area (Å²) in [6.07, 6.45) is 0.707. The van der Waals surface area contributed by atoms with Gasteiger partial charge in [0.05, 0.1) is 0 Å². The molecule has 0 aliphatic carbocycles. The highest BCUT2D eigenvalue weighted by Gasteiger charge is 2.30. The van der Waals surface area contributed by atoms with Gasteiger partial charge >= 0.3 is 5.51 Å².